The number of carboxylic acid groups (broad SMARTS) is 1. The Kier molecular flexibility index (Phi) is 4.18. The number of anilines is 1. The number of fused-ring (bicyclic) bond motifs is 1. The number of sulfonamides is 1. The second-order valence-electron chi connectivity index (χ2n) is 5.20. The first-order valence-corrected chi connectivity index (χ1v) is 8.62. The van der Waals surface area contributed by atoms with E-state index in [0.717, 1.165) is 10.8 Å². The summed E-state index contributed by atoms with van der Waals surface area (Å²) in [5.74, 6) is -0.945. The lowest BCUT2D eigenvalue weighted by Gasteiger charge is -2.09. The van der Waals surface area contributed by atoms with Gasteiger partial charge in [-0.1, -0.05) is 36.4 Å². The third-order valence-corrected chi connectivity index (χ3v) is 4.76. The second-order valence-corrected chi connectivity index (χ2v) is 6.88. The first kappa shape index (κ1) is 15.9. The Morgan fingerprint density at radius 1 is 1.00 bits per heavy atom. The molecule has 24 heavy (non-hydrogen) atoms. The van der Waals surface area contributed by atoms with E-state index in [0.29, 0.717) is 0 Å². The monoisotopic (exact) mass is 342 g/mol. The van der Waals surface area contributed by atoms with Gasteiger partial charge in [0, 0.05) is 0 Å². The molecule has 0 saturated carbocycles. The average molecular weight is 342 g/mol. The topological polar surface area (TPSA) is 96.4 Å². The highest BCUT2D eigenvalue weighted by Crippen LogP contribution is 2.21. The number of nitrogens with zero attached hydrogens (tertiary/aromatic N) is 1. The molecule has 0 spiro atoms. The van der Waals surface area contributed by atoms with Gasteiger partial charge in [-0.05, 0) is 35.0 Å². The zero-order valence-corrected chi connectivity index (χ0v) is 13.3. The van der Waals surface area contributed by atoms with Gasteiger partial charge in [-0.15, -0.1) is 0 Å². The fourth-order valence-corrected chi connectivity index (χ4v) is 3.36. The van der Waals surface area contributed by atoms with Gasteiger partial charge in [0.15, 0.2) is 0 Å². The normalized spacial score (nSPS) is 11.3. The van der Waals surface area contributed by atoms with Crippen LogP contribution in [0, 0.1) is 0 Å². The van der Waals surface area contributed by atoms with Crippen molar-refractivity contribution >= 4 is 32.6 Å². The van der Waals surface area contributed by atoms with Crippen molar-refractivity contribution < 1.29 is 18.3 Å². The van der Waals surface area contributed by atoms with Crippen LogP contribution in [0.2, 0.25) is 0 Å². The standard InChI is InChI=1S/C17H14N2O4S/c20-17(21)11-14-6-3-7-16(18-14)19-24(22,23)15-9-8-12-4-1-2-5-13(12)10-15/h1-10H,11H2,(H,18,19)(H,20,21). The Balaban J connectivity index is 1.91. The van der Waals surface area contributed by atoms with Crippen LogP contribution in [0.4, 0.5) is 5.82 Å². The Hall–Kier alpha value is -2.93. The van der Waals surface area contributed by atoms with Crippen LogP contribution in [0.3, 0.4) is 0 Å². The molecule has 3 rings (SSSR count). The van der Waals surface area contributed by atoms with E-state index < -0.39 is 16.0 Å². The Morgan fingerprint density at radius 2 is 1.75 bits per heavy atom. The lowest BCUT2D eigenvalue weighted by Crippen LogP contribution is -2.14. The van der Waals surface area contributed by atoms with Gasteiger partial charge in [0.1, 0.15) is 5.82 Å². The molecule has 7 heteroatoms. The number of hydrogen-bond acceptors (Lipinski definition) is 4. The van der Waals surface area contributed by atoms with Crippen LogP contribution in [0.25, 0.3) is 10.8 Å². The summed E-state index contributed by atoms with van der Waals surface area (Å²) in [4.78, 5) is 14.9. The van der Waals surface area contributed by atoms with Crippen molar-refractivity contribution in [2.45, 2.75) is 11.3 Å². The third-order valence-electron chi connectivity index (χ3n) is 3.41. The summed E-state index contributed by atoms with van der Waals surface area (Å²) in [6.45, 7) is 0. The smallest absolute Gasteiger partial charge is 0.309 e. The van der Waals surface area contributed by atoms with Gasteiger partial charge in [0.25, 0.3) is 10.0 Å². The van der Waals surface area contributed by atoms with E-state index in [1.807, 2.05) is 24.3 Å². The maximum absolute atomic E-state index is 12.5. The highest BCUT2D eigenvalue weighted by molar-refractivity contribution is 7.92. The average Bonchev–Trinajstić information content (AvgIpc) is 2.53. The molecular weight excluding hydrogens is 328 g/mol. The van der Waals surface area contributed by atoms with Crippen molar-refractivity contribution in [3.8, 4) is 0 Å². The van der Waals surface area contributed by atoms with Crippen LogP contribution in [0.5, 0.6) is 0 Å². The Morgan fingerprint density at radius 3 is 2.50 bits per heavy atom. The molecule has 0 aliphatic heterocycles. The van der Waals surface area contributed by atoms with Crippen molar-refractivity contribution in [1.29, 1.82) is 0 Å². The molecule has 0 atom stereocenters. The number of nitrogens with one attached hydrogen (secondary N) is 1. The third kappa shape index (κ3) is 3.52. The van der Waals surface area contributed by atoms with Crippen LogP contribution >= 0.6 is 0 Å². The lowest BCUT2D eigenvalue weighted by atomic mass is 10.1. The Bertz CT molecular complexity index is 1020. The molecule has 1 heterocycles. The van der Waals surface area contributed by atoms with Gasteiger partial charge in [-0.2, -0.15) is 0 Å². The minimum absolute atomic E-state index is 0.0851. The van der Waals surface area contributed by atoms with Crippen LogP contribution in [0.15, 0.2) is 65.6 Å². The van der Waals surface area contributed by atoms with E-state index in [2.05, 4.69) is 9.71 Å². The van der Waals surface area contributed by atoms with Gasteiger partial charge in [0.05, 0.1) is 17.0 Å². The number of rotatable bonds is 5. The minimum atomic E-state index is -3.81. The van der Waals surface area contributed by atoms with Gasteiger partial charge < -0.3 is 5.11 Å². The van der Waals surface area contributed by atoms with E-state index in [1.165, 1.54) is 18.2 Å². The molecule has 0 aliphatic carbocycles. The minimum Gasteiger partial charge on any atom is -0.481 e. The summed E-state index contributed by atoms with van der Waals surface area (Å²) < 4.78 is 27.4. The fraction of sp³-hybridized carbons (Fsp3) is 0.0588. The molecule has 0 amide bonds. The van der Waals surface area contributed by atoms with E-state index >= 15 is 0 Å². The summed E-state index contributed by atoms with van der Waals surface area (Å²) in [5, 5.41) is 10.5. The highest BCUT2D eigenvalue weighted by Gasteiger charge is 2.15. The summed E-state index contributed by atoms with van der Waals surface area (Å²) in [7, 11) is -3.81. The quantitative estimate of drug-likeness (QED) is 0.743. The van der Waals surface area contributed by atoms with Gasteiger partial charge >= 0.3 is 5.97 Å². The Labute approximate surface area is 138 Å². The molecule has 0 aliphatic rings. The number of benzene rings is 2. The van der Waals surface area contributed by atoms with Crippen molar-refractivity contribution in [3.63, 3.8) is 0 Å². The molecule has 2 aromatic carbocycles. The molecular formula is C17H14N2O4S. The van der Waals surface area contributed by atoms with Crippen molar-refractivity contribution in [1.82, 2.24) is 4.98 Å². The lowest BCUT2D eigenvalue weighted by molar-refractivity contribution is -0.136. The molecule has 0 fully saturated rings. The maximum atomic E-state index is 12.5. The number of pyridine rings is 1. The number of aromatic nitrogens is 1. The van der Waals surface area contributed by atoms with E-state index in [1.54, 1.807) is 18.2 Å². The summed E-state index contributed by atoms with van der Waals surface area (Å²) in [6.07, 6.45) is -0.272. The number of carbonyl (C=O) groups is 1. The summed E-state index contributed by atoms with van der Waals surface area (Å²) >= 11 is 0. The molecule has 6 nitrogen and oxygen atoms in total. The van der Waals surface area contributed by atoms with Crippen molar-refractivity contribution in [2.24, 2.45) is 0 Å². The summed E-state index contributed by atoms with van der Waals surface area (Å²) in [6, 6.07) is 16.9. The predicted octanol–water partition coefficient (Wildman–Crippen LogP) is 2.66. The zero-order chi connectivity index (χ0) is 17.2. The molecule has 2 N–H and O–H groups in total. The molecule has 0 unspecified atom stereocenters. The molecule has 3 aromatic rings. The van der Waals surface area contributed by atoms with Gasteiger partial charge in [0.2, 0.25) is 0 Å². The predicted molar refractivity (Wildman–Crippen MR) is 90.3 cm³/mol. The zero-order valence-electron chi connectivity index (χ0n) is 12.5. The van der Waals surface area contributed by atoms with E-state index in [9.17, 15) is 13.2 Å². The van der Waals surface area contributed by atoms with Crippen LogP contribution in [-0.4, -0.2) is 24.5 Å². The van der Waals surface area contributed by atoms with E-state index in [4.69, 9.17) is 5.11 Å². The maximum Gasteiger partial charge on any atom is 0.309 e. The number of hydrogen-bond donors (Lipinski definition) is 2. The fourth-order valence-electron chi connectivity index (χ4n) is 2.32. The number of carboxylic acids is 1. The first-order chi connectivity index (χ1) is 11.4. The van der Waals surface area contributed by atoms with Crippen LogP contribution in [0.1, 0.15) is 5.69 Å². The molecule has 0 bridgehead atoms. The van der Waals surface area contributed by atoms with E-state index in [-0.39, 0.29) is 22.8 Å². The van der Waals surface area contributed by atoms with Crippen LogP contribution < -0.4 is 4.72 Å². The second kappa shape index (κ2) is 6.29. The van der Waals surface area contributed by atoms with Crippen LogP contribution in [-0.2, 0) is 21.2 Å². The largest absolute Gasteiger partial charge is 0.481 e. The van der Waals surface area contributed by atoms with Gasteiger partial charge in [-0.3, -0.25) is 9.52 Å². The van der Waals surface area contributed by atoms with Crippen molar-refractivity contribution in [3.05, 3.63) is 66.4 Å². The molecule has 0 saturated heterocycles. The highest BCUT2D eigenvalue weighted by atomic mass is 32.2. The SMILES string of the molecule is O=C(O)Cc1cccc(NS(=O)(=O)c2ccc3ccccc3c2)n1. The molecule has 0 radical (unpaired) electrons. The van der Waals surface area contributed by atoms with Crippen molar-refractivity contribution in [2.75, 3.05) is 4.72 Å². The molecule has 122 valence electrons. The molecule has 1 aromatic heterocycles. The van der Waals surface area contributed by atoms with Gasteiger partial charge in [-0.25, -0.2) is 13.4 Å². The first-order valence-electron chi connectivity index (χ1n) is 7.13. The number of aliphatic carboxylic acids is 1. The summed E-state index contributed by atoms with van der Waals surface area (Å²) in [5.41, 5.74) is 0.279.